The van der Waals surface area contributed by atoms with E-state index in [-0.39, 0.29) is 0 Å². The normalized spacial score (nSPS) is 17.4. The van der Waals surface area contributed by atoms with Crippen LogP contribution in [-0.4, -0.2) is 31.3 Å². The second-order valence-corrected chi connectivity index (χ2v) is 5.53. The predicted octanol–water partition coefficient (Wildman–Crippen LogP) is 2.02. The Hall–Kier alpha value is -1.47. The summed E-state index contributed by atoms with van der Waals surface area (Å²) in [4.78, 5) is 12.2. The van der Waals surface area contributed by atoms with Gasteiger partial charge in [-0.1, -0.05) is 11.6 Å². The van der Waals surface area contributed by atoms with Gasteiger partial charge in [0.25, 0.3) is 0 Å². The van der Waals surface area contributed by atoms with Crippen LogP contribution in [0.15, 0.2) is 11.4 Å². The third-order valence-electron chi connectivity index (χ3n) is 3.27. The monoisotopic (exact) mass is 284 g/mol. The van der Waals surface area contributed by atoms with Gasteiger partial charge in [-0.05, 0) is 41.1 Å². The lowest BCUT2D eigenvalue weighted by atomic mass is 9.77. The highest BCUT2D eigenvalue weighted by Crippen LogP contribution is 2.42. The van der Waals surface area contributed by atoms with Crippen molar-refractivity contribution in [2.75, 3.05) is 0 Å². The van der Waals surface area contributed by atoms with E-state index in [9.17, 15) is 9.90 Å². The van der Waals surface area contributed by atoms with Crippen LogP contribution in [0, 0.1) is 0 Å². The first-order valence-electron chi connectivity index (χ1n) is 5.41. The highest BCUT2D eigenvalue weighted by molar-refractivity contribution is 7.14. The number of carbonyl (C=O) groups is 1. The number of rotatable bonds is 3. The van der Waals surface area contributed by atoms with Gasteiger partial charge in [-0.2, -0.15) is 0 Å². The van der Waals surface area contributed by atoms with Crippen LogP contribution in [0.2, 0.25) is 5.02 Å². The number of hydrogen-bond acceptors (Lipinski definition) is 5. The van der Waals surface area contributed by atoms with Crippen molar-refractivity contribution >= 4 is 28.9 Å². The molecule has 0 saturated heterocycles. The summed E-state index contributed by atoms with van der Waals surface area (Å²) < 4.78 is 1.40. The van der Waals surface area contributed by atoms with Crippen LogP contribution in [-0.2, 0) is 10.3 Å². The van der Waals surface area contributed by atoms with Crippen molar-refractivity contribution in [3.63, 3.8) is 0 Å². The van der Waals surface area contributed by atoms with E-state index in [1.54, 1.807) is 6.07 Å². The van der Waals surface area contributed by atoms with Gasteiger partial charge in [0, 0.05) is 0 Å². The van der Waals surface area contributed by atoms with Gasteiger partial charge >= 0.3 is 5.97 Å². The molecule has 0 spiro atoms. The summed E-state index contributed by atoms with van der Waals surface area (Å²) in [6.45, 7) is 0. The molecule has 8 heteroatoms. The van der Waals surface area contributed by atoms with Crippen LogP contribution < -0.4 is 0 Å². The summed E-state index contributed by atoms with van der Waals surface area (Å²) in [6, 6.07) is 1.74. The molecule has 94 valence electrons. The highest BCUT2D eigenvalue weighted by Gasteiger charge is 2.49. The molecule has 18 heavy (non-hydrogen) atoms. The summed E-state index contributed by atoms with van der Waals surface area (Å²) in [5.41, 5.74) is -1.01. The fourth-order valence-corrected chi connectivity index (χ4v) is 3.21. The third-order valence-corrected chi connectivity index (χ3v) is 4.61. The van der Waals surface area contributed by atoms with Gasteiger partial charge in [0.05, 0.1) is 9.90 Å². The molecule has 0 unspecified atom stereocenters. The lowest BCUT2D eigenvalue weighted by molar-refractivity contribution is -0.153. The first-order chi connectivity index (χ1) is 8.65. The number of aromatic nitrogens is 4. The average Bonchev–Trinajstić information content (AvgIpc) is 2.84. The predicted molar refractivity (Wildman–Crippen MR) is 65.6 cm³/mol. The number of carboxylic acids is 1. The van der Waals surface area contributed by atoms with Crippen LogP contribution in [0.1, 0.15) is 19.3 Å². The first kappa shape index (κ1) is 11.6. The Labute approximate surface area is 111 Å². The molecule has 2 aromatic heterocycles. The second kappa shape index (κ2) is 4.03. The minimum Gasteiger partial charge on any atom is -0.479 e. The summed E-state index contributed by atoms with van der Waals surface area (Å²) >= 11 is 7.44. The molecule has 0 bridgehead atoms. The summed E-state index contributed by atoms with van der Waals surface area (Å²) in [6.07, 6.45) is 1.95. The van der Waals surface area contributed by atoms with Crippen LogP contribution in [0.4, 0.5) is 0 Å². The lowest BCUT2D eigenvalue weighted by Crippen LogP contribution is -2.48. The van der Waals surface area contributed by atoms with Crippen LogP contribution in [0.5, 0.6) is 0 Å². The van der Waals surface area contributed by atoms with Gasteiger partial charge in [-0.3, -0.25) is 0 Å². The van der Waals surface area contributed by atoms with E-state index in [1.165, 1.54) is 16.0 Å². The molecule has 0 aromatic carbocycles. The van der Waals surface area contributed by atoms with Crippen molar-refractivity contribution in [3.8, 4) is 10.7 Å². The van der Waals surface area contributed by atoms with E-state index in [0.717, 1.165) is 6.42 Å². The molecule has 0 aliphatic heterocycles. The molecule has 6 nitrogen and oxygen atoms in total. The minimum atomic E-state index is -1.01. The van der Waals surface area contributed by atoms with Crippen molar-refractivity contribution in [2.45, 2.75) is 24.8 Å². The van der Waals surface area contributed by atoms with Crippen molar-refractivity contribution < 1.29 is 9.90 Å². The molecule has 0 radical (unpaired) electrons. The molecule has 1 saturated carbocycles. The Bertz CT molecular complexity index is 605. The standard InChI is InChI=1S/C10H9ClN4O2S/c11-6-2-5-18-7(6)8-12-13-14-15(8)10(9(16)17)3-1-4-10/h2,5H,1,3-4H2,(H,16,17). The smallest absolute Gasteiger partial charge is 0.331 e. The number of thiophene rings is 1. The molecule has 0 amide bonds. The summed E-state index contributed by atoms with van der Waals surface area (Å²) in [5, 5.41) is 23.1. The maximum atomic E-state index is 11.5. The number of halogens is 1. The molecule has 1 aliphatic carbocycles. The largest absolute Gasteiger partial charge is 0.479 e. The van der Waals surface area contributed by atoms with Gasteiger partial charge in [-0.25, -0.2) is 9.48 Å². The number of tetrazole rings is 1. The third kappa shape index (κ3) is 1.47. The van der Waals surface area contributed by atoms with E-state index in [0.29, 0.717) is 28.6 Å². The van der Waals surface area contributed by atoms with E-state index < -0.39 is 11.5 Å². The van der Waals surface area contributed by atoms with Crippen LogP contribution in [0.25, 0.3) is 10.7 Å². The summed E-state index contributed by atoms with van der Waals surface area (Å²) in [5.74, 6) is -0.466. The molecule has 3 rings (SSSR count). The fourth-order valence-electron chi connectivity index (χ4n) is 2.10. The number of hydrogen-bond donors (Lipinski definition) is 1. The van der Waals surface area contributed by atoms with E-state index in [1.807, 2.05) is 5.38 Å². The van der Waals surface area contributed by atoms with Gasteiger partial charge in [0.2, 0.25) is 0 Å². The molecule has 2 heterocycles. The van der Waals surface area contributed by atoms with Gasteiger partial charge < -0.3 is 5.11 Å². The van der Waals surface area contributed by atoms with Crippen molar-refractivity contribution in [3.05, 3.63) is 16.5 Å². The number of aliphatic carboxylic acids is 1. The van der Waals surface area contributed by atoms with Crippen molar-refractivity contribution in [1.29, 1.82) is 0 Å². The molecule has 2 aromatic rings. The van der Waals surface area contributed by atoms with E-state index in [4.69, 9.17) is 11.6 Å². The minimum absolute atomic E-state index is 0.428. The number of carboxylic acid groups (broad SMARTS) is 1. The Kier molecular flexibility index (Phi) is 2.60. The quantitative estimate of drug-likeness (QED) is 0.932. The zero-order valence-corrected chi connectivity index (χ0v) is 10.8. The Balaban J connectivity index is 2.13. The average molecular weight is 285 g/mol. The second-order valence-electron chi connectivity index (χ2n) is 4.20. The zero-order valence-electron chi connectivity index (χ0n) is 9.21. The maximum Gasteiger partial charge on any atom is 0.331 e. The maximum absolute atomic E-state index is 11.5. The molecule has 0 atom stereocenters. The van der Waals surface area contributed by atoms with Gasteiger partial charge in [-0.15, -0.1) is 16.4 Å². The van der Waals surface area contributed by atoms with Crippen molar-refractivity contribution in [1.82, 2.24) is 20.2 Å². The van der Waals surface area contributed by atoms with Crippen LogP contribution >= 0.6 is 22.9 Å². The van der Waals surface area contributed by atoms with Gasteiger partial charge in [0.15, 0.2) is 11.4 Å². The lowest BCUT2D eigenvalue weighted by Gasteiger charge is -2.37. The highest BCUT2D eigenvalue weighted by atomic mass is 35.5. The molecule has 1 N–H and O–H groups in total. The molecule has 1 fully saturated rings. The topological polar surface area (TPSA) is 80.9 Å². The summed E-state index contributed by atoms with van der Waals surface area (Å²) in [7, 11) is 0. The van der Waals surface area contributed by atoms with Crippen molar-refractivity contribution in [2.24, 2.45) is 0 Å². The first-order valence-corrected chi connectivity index (χ1v) is 6.66. The van der Waals surface area contributed by atoms with E-state index >= 15 is 0 Å². The van der Waals surface area contributed by atoms with Gasteiger partial charge in [0.1, 0.15) is 0 Å². The molecule has 1 aliphatic rings. The Morgan fingerprint density at radius 3 is 2.83 bits per heavy atom. The fraction of sp³-hybridized carbons (Fsp3) is 0.400. The Morgan fingerprint density at radius 1 is 1.56 bits per heavy atom. The molecular weight excluding hydrogens is 276 g/mol. The Morgan fingerprint density at radius 2 is 2.33 bits per heavy atom. The zero-order chi connectivity index (χ0) is 12.8. The SMILES string of the molecule is O=C(O)C1(n2nnnc2-c2sccc2Cl)CCC1. The number of nitrogens with zero attached hydrogens (tertiary/aromatic N) is 4. The van der Waals surface area contributed by atoms with E-state index in [2.05, 4.69) is 15.5 Å². The molecular formula is C10H9ClN4O2S. The van der Waals surface area contributed by atoms with Crippen LogP contribution in [0.3, 0.4) is 0 Å².